The SMILES string of the molecule is CCCCCCc1cc(Cc2ccc(N)cc2)ccc1Cc1ccc(Cc2ccc(Cc3ccc(Cc4ccc(N)cc4)cc3)cc2)cc1. The van der Waals surface area contributed by atoms with Crippen LogP contribution in [0, 0.1) is 0 Å². The molecule has 0 radical (unpaired) electrons. The minimum absolute atomic E-state index is 0.810. The second kappa shape index (κ2) is 16.8. The van der Waals surface area contributed by atoms with E-state index in [4.69, 9.17) is 11.5 Å². The fourth-order valence-corrected chi connectivity index (χ4v) is 6.70. The van der Waals surface area contributed by atoms with Gasteiger partial charge >= 0.3 is 0 Å². The summed E-state index contributed by atoms with van der Waals surface area (Å²) in [7, 11) is 0. The van der Waals surface area contributed by atoms with Crippen molar-refractivity contribution < 1.29 is 0 Å². The molecule has 248 valence electrons. The Labute approximate surface area is 293 Å². The van der Waals surface area contributed by atoms with E-state index in [0.717, 1.165) is 49.9 Å². The third-order valence-corrected chi connectivity index (χ3v) is 9.63. The van der Waals surface area contributed by atoms with Gasteiger partial charge in [-0.1, -0.05) is 141 Å². The summed E-state index contributed by atoms with van der Waals surface area (Å²) < 4.78 is 0. The number of nitrogens with two attached hydrogens (primary N) is 2. The van der Waals surface area contributed by atoms with Crippen LogP contribution in [-0.4, -0.2) is 0 Å². The molecule has 0 aromatic heterocycles. The third-order valence-electron chi connectivity index (χ3n) is 9.63. The molecular formula is C47H50N2. The lowest BCUT2D eigenvalue weighted by atomic mass is 9.92. The molecule has 0 aliphatic rings. The first-order valence-electron chi connectivity index (χ1n) is 18.0. The molecule has 6 aromatic rings. The van der Waals surface area contributed by atoms with E-state index in [9.17, 15) is 0 Å². The van der Waals surface area contributed by atoms with E-state index in [1.807, 2.05) is 24.3 Å². The van der Waals surface area contributed by atoms with Crippen molar-refractivity contribution in [2.75, 3.05) is 11.5 Å². The van der Waals surface area contributed by atoms with Crippen LogP contribution in [0.5, 0.6) is 0 Å². The van der Waals surface area contributed by atoms with Gasteiger partial charge in [0.05, 0.1) is 0 Å². The third kappa shape index (κ3) is 10.2. The molecule has 0 saturated heterocycles. The molecule has 0 spiro atoms. The Morgan fingerprint density at radius 1 is 0.327 bits per heavy atom. The quantitative estimate of drug-likeness (QED) is 0.0865. The van der Waals surface area contributed by atoms with Crippen molar-refractivity contribution >= 4 is 11.4 Å². The molecule has 0 bridgehead atoms. The summed E-state index contributed by atoms with van der Waals surface area (Å²) in [5.41, 5.74) is 28.4. The van der Waals surface area contributed by atoms with Crippen LogP contribution in [0.15, 0.2) is 140 Å². The summed E-state index contributed by atoms with van der Waals surface area (Å²) in [5.74, 6) is 0. The number of benzene rings is 6. The fraction of sp³-hybridized carbons (Fsp3) is 0.234. The maximum Gasteiger partial charge on any atom is 0.0314 e. The van der Waals surface area contributed by atoms with Crippen LogP contribution in [0.3, 0.4) is 0 Å². The van der Waals surface area contributed by atoms with Gasteiger partial charge in [0.2, 0.25) is 0 Å². The topological polar surface area (TPSA) is 52.0 Å². The Morgan fingerprint density at radius 3 is 1.04 bits per heavy atom. The molecule has 0 aliphatic carbocycles. The van der Waals surface area contributed by atoms with Crippen LogP contribution < -0.4 is 11.5 Å². The maximum atomic E-state index is 5.91. The average Bonchev–Trinajstić information content (AvgIpc) is 3.12. The van der Waals surface area contributed by atoms with E-state index < -0.39 is 0 Å². The molecule has 6 aromatic carbocycles. The lowest BCUT2D eigenvalue weighted by molar-refractivity contribution is 0.665. The van der Waals surface area contributed by atoms with E-state index in [1.165, 1.54) is 86.9 Å². The number of unbranched alkanes of at least 4 members (excludes halogenated alkanes) is 3. The first-order valence-corrected chi connectivity index (χ1v) is 18.0. The highest BCUT2D eigenvalue weighted by molar-refractivity contribution is 5.44. The molecule has 2 nitrogen and oxygen atoms in total. The second-order valence-electron chi connectivity index (χ2n) is 13.7. The van der Waals surface area contributed by atoms with Crippen LogP contribution >= 0.6 is 0 Å². The number of hydrogen-bond acceptors (Lipinski definition) is 2. The van der Waals surface area contributed by atoms with Gasteiger partial charge in [-0.2, -0.15) is 0 Å². The molecule has 0 aliphatic heterocycles. The van der Waals surface area contributed by atoms with E-state index >= 15 is 0 Å². The summed E-state index contributed by atoms with van der Waals surface area (Å²) >= 11 is 0. The van der Waals surface area contributed by atoms with Crippen molar-refractivity contribution in [2.45, 2.75) is 71.1 Å². The molecule has 0 heterocycles. The number of aryl methyl sites for hydroxylation is 1. The van der Waals surface area contributed by atoms with Gasteiger partial charge in [0, 0.05) is 11.4 Å². The Morgan fingerprint density at radius 2 is 0.653 bits per heavy atom. The summed E-state index contributed by atoms with van der Waals surface area (Å²) in [4.78, 5) is 0. The zero-order chi connectivity index (χ0) is 33.8. The normalized spacial score (nSPS) is 11.1. The minimum atomic E-state index is 0.810. The zero-order valence-corrected chi connectivity index (χ0v) is 29.0. The van der Waals surface area contributed by atoms with Crippen LogP contribution in [0.4, 0.5) is 11.4 Å². The Balaban J connectivity index is 1.04. The lowest BCUT2D eigenvalue weighted by Crippen LogP contribution is -2.00. The highest BCUT2D eigenvalue weighted by Crippen LogP contribution is 2.23. The van der Waals surface area contributed by atoms with Crippen molar-refractivity contribution in [3.05, 3.63) is 201 Å². The summed E-state index contributed by atoms with van der Waals surface area (Å²) in [6.07, 6.45) is 11.0. The monoisotopic (exact) mass is 642 g/mol. The Hall–Kier alpha value is -5.08. The Kier molecular flexibility index (Phi) is 11.6. The Bertz CT molecular complexity index is 1880. The van der Waals surface area contributed by atoms with Crippen LogP contribution in [0.25, 0.3) is 0 Å². The number of rotatable bonds is 15. The molecule has 2 heteroatoms. The predicted molar refractivity (Wildman–Crippen MR) is 209 cm³/mol. The van der Waals surface area contributed by atoms with E-state index in [2.05, 4.69) is 122 Å². The largest absolute Gasteiger partial charge is 0.399 e. The molecule has 4 N–H and O–H groups in total. The van der Waals surface area contributed by atoms with Gasteiger partial charge in [0.25, 0.3) is 0 Å². The molecule has 0 saturated carbocycles. The number of nitrogen functional groups attached to an aromatic ring is 2. The van der Waals surface area contributed by atoms with E-state index in [1.54, 1.807) is 0 Å². The molecule has 6 rings (SSSR count). The molecule has 49 heavy (non-hydrogen) atoms. The summed E-state index contributed by atoms with van der Waals surface area (Å²) in [5, 5.41) is 0. The van der Waals surface area contributed by atoms with Gasteiger partial charge in [0.15, 0.2) is 0 Å². The highest BCUT2D eigenvalue weighted by atomic mass is 14.5. The number of hydrogen-bond donors (Lipinski definition) is 2. The molecule has 0 atom stereocenters. The van der Waals surface area contributed by atoms with Gasteiger partial charge in [-0.3, -0.25) is 0 Å². The summed E-state index contributed by atoms with van der Waals surface area (Å²) in [6, 6.07) is 51.0. The second-order valence-corrected chi connectivity index (χ2v) is 13.7. The molecular weight excluding hydrogens is 593 g/mol. The van der Waals surface area contributed by atoms with Crippen molar-refractivity contribution in [3.63, 3.8) is 0 Å². The summed E-state index contributed by atoms with van der Waals surface area (Å²) in [6.45, 7) is 2.28. The molecule has 0 fully saturated rings. The van der Waals surface area contributed by atoms with Crippen molar-refractivity contribution in [1.29, 1.82) is 0 Å². The highest BCUT2D eigenvalue weighted by Gasteiger charge is 2.08. The first-order chi connectivity index (χ1) is 24.0. The van der Waals surface area contributed by atoms with Crippen molar-refractivity contribution in [2.24, 2.45) is 0 Å². The van der Waals surface area contributed by atoms with Crippen LogP contribution in [0.2, 0.25) is 0 Å². The zero-order valence-electron chi connectivity index (χ0n) is 29.0. The van der Waals surface area contributed by atoms with Gasteiger partial charge in [0.1, 0.15) is 0 Å². The predicted octanol–water partition coefficient (Wildman–Crippen LogP) is 10.9. The van der Waals surface area contributed by atoms with E-state index in [0.29, 0.717) is 0 Å². The smallest absolute Gasteiger partial charge is 0.0314 e. The molecule has 0 amide bonds. The van der Waals surface area contributed by atoms with Crippen LogP contribution in [0.1, 0.15) is 93.8 Å². The minimum Gasteiger partial charge on any atom is -0.399 e. The standard InChI is InChI=1S/C47H50N2/c1-2-3-4-5-6-44-34-43(32-41-22-27-47(49)28-23-41)19-24-45(44)33-42-17-15-39(16-18-42)30-37-9-7-35(8-10-37)29-36-11-13-38(14-12-36)31-40-20-25-46(48)26-21-40/h7-28,34H,2-6,29-33,48-49H2,1H3. The maximum absolute atomic E-state index is 5.91. The van der Waals surface area contributed by atoms with E-state index in [-0.39, 0.29) is 0 Å². The molecule has 0 unspecified atom stereocenters. The van der Waals surface area contributed by atoms with Crippen LogP contribution in [-0.2, 0) is 38.5 Å². The van der Waals surface area contributed by atoms with Gasteiger partial charge < -0.3 is 11.5 Å². The van der Waals surface area contributed by atoms with Gasteiger partial charge in [-0.05, 0) is 130 Å². The van der Waals surface area contributed by atoms with Crippen molar-refractivity contribution in [3.8, 4) is 0 Å². The lowest BCUT2D eigenvalue weighted by Gasteiger charge is -2.13. The average molecular weight is 643 g/mol. The van der Waals surface area contributed by atoms with Gasteiger partial charge in [-0.25, -0.2) is 0 Å². The first kappa shape index (κ1) is 33.8. The number of anilines is 2. The van der Waals surface area contributed by atoms with Gasteiger partial charge in [-0.15, -0.1) is 0 Å². The van der Waals surface area contributed by atoms with Crippen molar-refractivity contribution in [1.82, 2.24) is 0 Å². The fourth-order valence-electron chi connectivity index (χ4n) is 6.70.